The minimum absolute atomic E-state index is 0.285. The number of benzene rings is 1. The summed E-state index contributed by atoms with van der Waals surface area (Å²) in [4.78, 5) is 2.31. The summed E-state index contributed by atoms with van der Waals surface area (Å²) in [6, 6.07) is 6.44. The van der Waals surface area contributed by atoms with Gasteiger partial charge in [-0.2, -0.15) is 0 Å². The lowest BCUT2D eigenvalue weighted by Gasteiger charge is -2.23. The van der Waals surface area contributed by atoms with Crippen LogP contribution in [0.15, 0.2) is 18.2 Å². The van der Waals surface area contributed by atoms with Crippen molar-refractivity contribution in [1.82, 2.24) is 10.2 Å². The lowest BCUT2D eigenvalue weighted by molar-refractivity contribution is 0.199. The zero-order chi connectivity index (χ0) is 15.4. The molecule has 0 radical (unpaired) electrons. The molecule has 0 bridgehead atoms. The van der Waals surface area contributed by atoms with E-state index >= 15 is 0 Å². The van der Waals surface area contributed by atoms with Crippen LogP contribution in [0.4, 0.5) is 0 Å². The number of nitrogens with one attached hydrogen (secondary N) is 1. The minimum Gasteiger partial charge on any atom is -0.493 e. The summed E-state index contributed by atoms with van der Waals surface area (Å²) in [7, 11) is 3.87. The third-order valence-corrected chi connectivity index (χ3v) is 4.79. The molecule has 122 valence electrons. The summed E-state index contributed by atoms with van der Waals surface area (Å²) in [6.07, 6.45) is 5.11. The molecule has 1 aromatic carbocycles. The molecule has 0 amide bonds. The van der Waals surface area contributed by atoms with E-state index in [0.29, 0.717) is 0 Å². The highest BCUT2D eigenvalue weighted by Crippen LogP contribution is 2.31. The van der Waals surface area contributed by atoms with E-state index in [1.165, 1.54) is 24.9 Å². The predicted molar refractivity (Wildman–Crippen MR) is 88.8 cm³/mol. The van der Waals surface area contributed by atoms with Gasteiger partial charge in [0.05, 0.1) is 7.11 Å². The first-order valence-corrected chi connectivity index (χ1v) is 8.47. The average molecular weight is 304 g/mol. The lowest BCUT2D eigenvalue weighted by atomic mass is 9.92. The summed E-state index contributed by atoms with van der Waals surface area (Å²) < 4.78 is 11.7. The van der Waals surface area contributed by atoms with Crippen LogP contribution in [0, 0.1) is 5.92 Å². The molecule has 2 heterocycles. The van der Waals surface area contributed by atoms with Gasteiger partial charge in [-0.15, -0.1) is 0 Å². The number of piperidine rings is 1. The molecule has 1 aromatic rings. The quantitative estimate of drug-likeness (QED) is 0.905. The fourth-order valence-electron chi connectivity index (χ4n) is 3.54. The Morgan fingerprint density at radius 3 is 2.86 bits per heavy atom. The van der Waals surface area contributed by atoms with Crippen molar-refractivity contribution in [1.29, 1.82) is 0 Å². The number of likely N-dealkylation sites (N-methyl/N-ethyl adjacent to an activating group) is 1. The van der Waals surface area contributed by atoms with Crippen molar-refractivity contribution < 1.29 is 9.47 Å². The van der Waals surface area contributed by atoms with E-state index in [4.69, 9.17) is 9.47 Å². The second kappa shape index (κ2) is 7.34. The highest BCUT2D eigenvalue weighted by molar-refractivity contribution is 5.43. The summed E-state index contributed by atoms with van der Waals surface area (Å²) in [6.45, 7) is 4.41. The van der Waals surface area contributed by atoms with Crippen LogP contribution in [0.2, 0.25) is 0 Å². The maximum atomic E-state index is 6.13. The van der Waals surface area contributed by atoms with Gasteiger partial charge in [-0.05, 0) is 69.4 Å². The lowest BCUT2D eigenvalue weighted by Crippen LogP contribution is -2.30. The Morgan fingerprint density at radius 2 is 2.18 bits per heavy atom. The maximum Gasteiger partial charge on any atom is 0.161 e. The summed E-state index contributed by atoms with van der Waals surface area (Å²) in [5.74, 6) is 2.50. The van der Waals surface area contributed by atoms with Crippen LogP contribution < -0.4 is 14.8 Å². The van der Waals surface area contributed by atoms with Crippen LogP contribution in [-0.4, -0.2) is 51.3 Å². The molecule has 2 aliphatic heterocycles. The summed E-state index contributed by atoms with van der Waals surface area (Å²) in [5, 5.41) is 3.49. The Morgan fingerprint density at radius 1 is 1.27 bits per heavy atom. The van der Waals surface area contributed by atoms with Gasteiger partial charge in [0.2, 0.25) is 0 Å². The molecule has 2 atom stereocenters. The molecule has 0 aliphatic carbocycles. The van der Waals surface area contributed by atoms with Gasteiger partial charge < -0.3 is 19.7 Å². The second-order valence-corrected chi connectivity index (χ2v) is 6.69. The number of methoxy groups -OCH3 is 1. The van der Waals surface area contributed by atoms with Crippen LogP contribution in [0.1, 0.15) is 24.8 Å². The van der Waals surface area contributed by atoms with Crippen molar-refractivity contribution in [3.8, 4) is 11.5 Å². The molecule has 2 fully saturated rings. The van der Waals surface area contributed by atoms with Crippen molar-refractivity contribution in [2.45, 2.75) is 31.8 Å². The average Bonchev–Trinajstić information content (AvgIpc) is 2.95. The predicted octanol–water partition coefficient (Wildman–Crippen LogP) is 2.32. The zero-order valence-corrected chi connectivity index (χ0v) is 13.8. The molecule has 4 nitrogen and oxygen atoms in total. The number of hydrogen-bond acceptors (Lipinski definition) is 4. The molecule has 22 heavy (non-hydrogen) atoms. The van der Waals surface area contributed by atoms with Crippen LogP contribution >= 0.6 is 0 Å². The van der Waals surface area contributed by atoms with Crippen molar-refractivity contribution in [2.24, 2.45) is 5.92 Å². The Kier molecular flexibility index (Phi) is 5.21. The number of ether oxygens (including phenoxy) is 2. The second-order valence-electron chi connectivity index (χ2n) is 6.69. The van der Waals surface area contributed by atoms with E-state index in [1.807, 2.05) is 0 Å². The fraction of sp³-hybridized carbons (Fsp3) is 0.667. The number of likely N-dealkylation sites (tertiary alicyclic amines) is 1. The molecule has 0 aromatic heterocycles. The molecule has 2 saturated heterocycles. The Labute approximate surface area is 133 Å². The number of hydrogen-bond donors (Lipinski definition) is 1. The molecule has 3 rings (SSSR count). The van der Waals surface area contributed by atoms with Crippen molar-refractivity contribution in [3.05, 3.63) is 23.8 Å². The monoisotopic (exact) mass is 304 g/mol. The van der Waals surface area contributed by atoms with E-state index in [2.05, 4.69) is 35.5 Å². The third kappa shape index (κ3) is 3.93. The summed E-state index contributed by atoms with van der Waals surface area (Å²) >= 11 is 0. The highest BCUT2D eigenvalue weighted by Gasteiger charge is 2.22. The normalized spacial score (nSPS) is 26.1. The Bertz CT molecular complexity index is 486. The Hall–Kier alpha value is -1.26. The van der Waals surface area contributed by atoms with Gasteiger partial charge in [0.1, 0.15) is 6.10 Å². The smallest absolute Gasteiger partial charge is 0.161 e. The number of nitrogens with zero attached hydrogens (tertiary/aromatic N) is 1. The van der Waals surface area contributed by atoms with Crippen LogP contribution in [0.25, 0.3) is 0 Å². The van der Waals surface area contributed by atoms with Crippen molar-refractivity contribution in [2.75, 3.05) is 40.3 Å². The minimum atomic E-state index is 0.285. The molecular formula is C18H28N2O2. The molecule has 4 heteroatoms. The van der Waals surface area contributed by atoms with Gasteiger partial charge >= 0.3 is 0 Å². The molecule has 2 unspecified atom stereocenters. The van der Waals surface area contributed by atoms with E-state index in [0.717, 1.165) is 49.9 Å². The van der Waals surface area contributed by atoms with Gasteiger partial charge in [-0.3, -0.25) is 0 Å². The first-order chi connectivity index (χ1) is 10.7. The molecule has 0 spiro atoms. The summed E-state index contributed by atoms with van der Waals surface area (Å²) in [5.41, 5.74) is 1.35. The molecule has 0 saturated carbocycles. The van der Waals surface area contributed by atoms with E-state index in [9.17, 15) is 0 Å². The van der Waals surface area contributed by atoms with Gasteiger partial charge in [-0.25, -0.2) is 0 Å². The van der Waals surface area contributed by atoms with Gasteiger partial charge in [0, 0.05) is 13.1 Å². The largest absolute Gasteiger partial charge is 0.493 e. The van der Waals surface area contributed by atoms with E-state index in [1.54, 1.807) is 7.11 Å². The van der Waals surface area contributed by atoms with E-state index in [-0.39, 0.29) is 6.10 Å². The molecule has 1 N–H and O–H groups in total. The highest BCUT2D eigenvalue weighted by atomic mass is 16.5. The topological polar surface area (TPSA) is 33.7 Å². The fourth-order valence-corrected chi connectivity index (χ4v) is 3.54. The zero-order valence-electron chi connectivity index (χ0n) is 13.8. The van der Waals surface area contributed by atoms with Crippen LogP contribution in [0.3, 0.4) is 0 Å². The SMILES string of the molecule is COc1cc(CC2CCCNC2)ccc1OC1CCN(C)C1. The first kappa shape index (κ1) is 15.6. The van der Waals surface area contributed by atoms with Crippen molar-refractivity contribution >= 4 is 0 Å². The Balaban J connectivity index is 1.64. The van der Waals surface area contributed by atoms with Crippen LogP contribution in [-0.2, 0) is 6.42 Å². The maximum absolute atomic E-state index is 6.13. The van der Waals surface area contributed by atoms with Crippen molar-refractivity contribution in [3.63, 3.8) is 0 Å². The molecular weight excluding hydrogens is 276 g/mol. The van der Waals surface area contributed by atoms with Gasteiger partial charge in [0.25, 0.3) is 0 Å². The first-order valence-electron chi connectivity index (χ1n) is 8.47. The third-order valence-electron chi connectivity index (χ3n) is 4.79. The number of rotatable bonds is 5. The van der Waals surface area contributed by atoms with Gasteiger partial charge in [-0.1, -0.05) is 6.07 Å². The molecule has 2 aliphatic rings. The van der Waals surface area contributed by atoms with Gasteiger partial charge in [0.15, 0.2) is 11.5 Å². The standard InChI is InChI=1S/C18H28N2O2/c1-20-9-7-16(13-20)22-17-6-5-14(11-18(17)21-2)10-15-4-3-8-19-12-15/h5-6,11,15-16,19H,3-4,7-10,12-13H2,1-2H3. The van der Waals surface area contributed by atoms with Crippen LogP contribution in [0.5, 0.6) is 11.5 Å². The van der Waals surface area contributed by atoms with E-state index < -0.39 is 0 Å².